The average molecular weight is 571 g/mol. The van der Waals surface area contributed by atoms with E-state index in [2.05, 4.69) is 51.9 Å². The number of anilines is 2. The van der Waals surface area contributed by atoms with Crippen LogP contribution in [0.3, 0.4) is 0 Å². The van der Waals surface area contributed by atoms with Gasteiger partial charge in [-0.3, -0.25) is 4.40 Å². The molecular weight excluding hydrogens is 536 g/mol. The summed E-state index contributed by atoms with van der Waals surface area (Å²) in [5.41, 5.74) is 7.50. The van der Waals surface area contributed by atoms with E-state index in [0.29, 0.717) is 12.6 Å². The maximum absolute atomic E-state index is 6.07. The van der Waals surface area contributed by atoms with Gasteiger partial charge in [-0.2, -0.15) is 0 Å². The normalized spacial score (nSPS) is 11.2. The molecule has 3 heterocycles. The molecule has 6 aromatic rings. The van der Waals surface area contributed by atoms with Crippen LogP contribution < -0.4 is 14.8 Å². The Morgan fingerprint density at radius 1 is 0.860 bits per heavy atom. The monoisotopic (exact) mass is 570 g/mol. The molecule has 0 aliphatic heterocycles. The number of imidazole rings is 1. The average Bonchev–Trinajstić information content (AvgIpc) is 3.43. The molecule has 8 nitrogen and oxygen atoms in total. The second kappa shape index (κ2) is 12.8. The van der Waals surface area contributed by atoms with Gasteiger partial charge in [0.05, 0.1) is 24.2 Å². The third kappa shape index (κ3) is 6.50. The number of fused-ring (bicyclic) bond motifs is 1. The Balaban J connectivity index is 1.27. The Labute approximate surface area is 251 Å². The third-order valence-electron chi connectivity index (χ3n) is 7.17. The Bertz CT molecular complexity index is 1830. The van der Waals surface area contributed by atoms with Crippen LogP contribution in [0.15, 0.2) is 109 Å². The summed E-state index contributed by atoms with van der Waals surface area (Å²) in [7, 11) is 5.84. The summed E-state index contributed by atoms with van der Waals surface area (Å²) in [5.74, 6) is 2.10. The minimum atomic E-state index is 0.415. The molecule has 0 aliphatic carbocycles. The van der Waals surface area contributed by atoms with Crippen molar-refractivity contribution < 1.29 is 9.47 Å². The van der Waals surface area contributed by atoms with Gasteiger partial charge in [0, 0.05) is 35.8 Å². The molecule has 3 aromatic heterocycles. The second-order valence-electron chi connectivity index (χ2n) is 10.5. The number of nitrogens with one attached hydrogen (secondary N) is 1. The van der Waals surface area contributed by atoms with E-state index in [-0.39, 0.29) is 0 Å². The maximum Gasteiger partial charge on any atom is 0.227 e. The first-order valence-electron chi connectivity index (χ1n) is 14.2. The highest BCUT2D eigenvalue weighted by Crippen LogP contribution is 2.33. The first-order valence-corrected chi connectivity index (χ1v) is 14.2. The standard InChI is InChI=1S/C35H34N6O2/c1-40(2)22-19-25-9-8-11-28(23-25)37-35-36-20-18-30(38-35)34-33(39-32-13-6-7-21-41(32)34)26-14-16-29(17-15-26)43-24-27-10-4-5-12-31(27)42-3/h4-18,20-21,23H,19,22,24H2,1-3H3,(H,36,37,38). The van der Waals surface area contributed by atoms with E-state index >= 15 is 0 Å². The zero-order valence-electron chi connectivity index (χ0n) is 24.6. The number of ether oxygens (including phenoxy) is 2. The van der Waals surface area contributed by atoms with Crippen LogP contribution in [0.1, 0.15) is 11.1 Å². The van der Waals surface area contributed by atoms with Crippen molar-refractivity contribution in [2.24, 2.45) is 0 Å². The smallest absolute Gasteiger partial charge is 0.227 e. The molecule has 8 heteroatoms. The van der Waals surface area contributed by atoms with Gasteiger partial charge in [0.2, 0.25) is 5.95 Å². The number of benzene rings is 3. The zero-order chi connectivity index (χ0) is 29.6. The van der Waals surface area contributed by atoms with Crippen LogP contribution in [0.25, 0.3) is 28.3 Å². The minimum Gasteiger partial charge on any atom is -0.496 e. The van der Waals surface area contributed by atoms with E-state index in [4.69, 9.17) is 19.4 Å². The van der Waals surface area contributed by atoms with Crippen LogP contribution in [0, 0.1) is 0 Å². The molecule has 43 heavy (non-hydrogen) atoms. The van der Waals surface area contributed by atoms with Crippen LogP contribution in [-0.2, 0) is 13.0 Å². The van der Waals surface area contributed by atoms with E-state index in [1.165, 1.54) is 5.56 Å². The van der Waals surface area contributed by atoms with Crippen molar-refractivity contribution in [3.8, 4) is 34.1 Å². The molecule has 0 amide bonds. The Kier molecular flexibility index (Phi) is 8.28. The van der Waals surface area contributed by atoms with Crippen molar-refractivity contribution in [2.45, 2.75) is 13.0 Å². The van der Waals surface area contributed by atoms with Gasteiger partial charge >= 0.3 is 0 Å². The lowest BCUT2D eigenvalue weighted by Crippen LogP contribution is -2.15. The molecule has 0 fully saturated rings. The highest BCUT2D eigenvalue weighted by Gasteiger charge is 2.18. The lowest BCUT2D eigenvalue weighted by atomic mass is 10.1. The predicted molar refractivity (Wildman–Crippen MR) is 171 cm³/mol. The van der Waals surface area contributed by atoms with Crippen molar-refractivity contribution in [1.29, 1.82) is 0 Å². The van der Waals surface area contributed by atoms with E-state index < -0.39 is 0 Å². The van der Waals surface area contributed by atoms with Gasteiger partial charge in [-0.25, -0.2) is 15.0 Å². The van der Waals surface area contributed by atoms with Gasteiger partial charge in [0.25, 0.3) is 0 Å². The van der Waals surface area contributed by atoms with Crippen molar-refractivity contribution in [2.75, 3.05) is 33.1 Å². The molecule has 3 aromatic carbocycles. The van der Waals surface area contributed by atoms with E-state index in [0.717, 1.165) is 64.0 Å². The number of pyridine rings is 1. The molecule has 0 saturated carbocycles. The summed E-state index contributed by atoms with van der Waals surface area (Å²) in [5, 5.41) is 3.39. The number of hydrogen-bond acceptors (Lipinski definition) is 7. The quantitative estimate of drug-likeness (QED) is 0.182. The van der Waals surface area contributed by atoms with Gasteiger partial charge < -0.3 is 19.7 Å². The number of methoxy groups -OCH3 is 1. The molecule has 0 bridgehead atoms. The van der Waals surface area contributed by atoms with Crippen LogP contribution in [0.4, 0.5) is 11.6 Å². The van der Waals surface area contributed by atoms with Gasteiger partial charge in [-0.05, 0) is 86.7 Å². The number of nitrogens with zero attached hydrogens (tertiary/aromatic N) is 5. The lowest BCUT2D eigenvalue weighted by Gasteiger charge is -2.12. The van der Waals surface area contributed by atoms with Gasteiger partial charge in [-0.1, -0.05) is 36.4 Å². The van der Waals surface area contributed by atoms with Crippen LogP contribution in [0.5, 0.6) is 11.5 Å². The van der Waals surface area contributed by atoms with Gasteiger partial charge in [-0.15, -0.1) is 0 Å². The van der Waals surface area contributed by atoms with Crippen LogP contribution in [0.2, 0.25) is 0 Å². The van der Waals surface area contributed by atoms with Crippen molar-refractivity contribution in [3.63, 3.8) is 0 Å². The Morgan fingerprint density at radius 2 is 1.70 bits per heavy atom. The molecule has 0 atom stereocenters. The topological polar surface area (TPSA) is 76.8 Å². The molecule has 1 N–H and O–H groups in total. The number of aromatic nitrogens is 4. The summed E-state index contributed by atoms with van der Waals surface area (Å²) < 4.78 is 13.6. The minimum absolute atomic E-state index is 0.415. The Morgan fingerprint density at radius 3 is 2.53 bits per heavy atom. The summed E-state index contributed by atoms with van der Waals surface area (Å²) in [6, 6.07) is 32.1. The number of likely N-dealkylation sites (N-methyl/N-ethyl adjacent to an activating group) is 1. The predicted octanol–water partition coefficient (Wildman–Crippen LogP) is 6.89. The highest BCUT2D eigenvalue weighted by molar-refractivity contribution is 5.81. The zero-order valence-corrected chi connectivity index (χ0v) is 24.6. The van der Waals surface area contributed by atoms with E-state index in [9.17, 15) is 0 Å². The fraction of sp³-hybridized carbons (Fsp3) is 0.171. The van der Waals surface area contributed by atoms with E-state index in [1.807, 2.05) is 85.1 Å². The molecule has 0 radical (unpaired) electrons. The molecular formula is C35H34N6O2. The molecule has 0 saturated heterocycles. The molecule has 0 unspecified atom stereocenters. The maximum atomic E-state index is 6.07. The summed E-state index contributed by atoms with van der Waals surface area (Å²) in [6.45, 7) is 1.40. The number of hydrogen-bond donors (Lipinski definition) is 1. The van der Waals surface area contributed by atoms with Crippen molar-refractivity contribution >= 4 is 17.3 Å². The summed E-state index contributed by atoms with van der Waals surface area (Å²) >= 11 is 0. The number of para-hydroxylation sites is 1. The SMILES string of the molecule is COc1ccccc1COc1ccc(-c2nc3ccccn3c2-c2ccnc(Nc3cccc(CCN(C)C)c3)n2)cc1. The summed E-state index contributed by atoms with van der Waals surface area (Å²) in [6.07, 6.45) is 4.76. The van der Waals surface area contributed by atoms with Crippen LogP contribution >= 0.6 is 0 Å². The summed E-state index contributed by atoms with van der Waals surface area (Å²) in [4.78, 5) is 16.6. The second-order valence-corrected chi connectivity index (χ2v) is 10.5. The Hall–Kier alpha value is -5.21. The molecule has 216 valence electrons. The highest BCUT2D eigenvalue weighted by atomic mass is 16.5. The number of rotatable bonds is 11. The fourth-order valence-corrected chi connectivity index (χ4v) is 4.97. The van der Waals surface area contributed by atoms with E-state index in [1.54, 1.807) is 13.3 Å². The molecule has 0 spiro atoms. The molecule has 0 aliphatic rings. The first-order chi connectivity index (χ1) is 21.1. The van der Waals surface area contributed by atoms with Crippen LogP contribution in [-0.4, -0.2) is 52.0 Å². The first kappa shape index (κ1) is 27.9. The van der Waals surface area contributed by atoms with Crippen molar-refractivity contribution in [3.05, 3.63) is 121 Å². The largest absolute Gasteiger partial charge is 0.496 e. The molecule has 6 rings (SSSR count). The van der Waals surface area contributed by atoms with Gasteiger partial charge in [0.15, 0.2) is 0 Å². The lowest BCUT2D eigenvalue weighted by molar-refractivity contribution is 0.296. The van der Waals surface area contributed by atoms with Crippen molar-refractivity contribution in [1.82, 2.24) is 24.3 Å². The third-order valence-corrected chi connectivity index (χ3v) is 7.17. The fourth-order valence-electron chi connectivity index (χ4n) is 4.97. The van der Waals surface area contributed by atoms with Gasteiger partial charge in [0.1, 0.15) is 23.8 Å².